The van der Waals surface area contributed by atoms with Crippen molar-refractivity contribution in [3.8, 4) is 0 Å². The number of carbonyl (C=O) groups excluding carboxylic acids is 1. The number of aliphatic hydroxyl groups excluding tert-OH is 1. The highest BCUT2D eigenvalue weighted by Gasteiger charge is 2.38. The van der Waals surface area contributed by atoms with Gasteiger partial charge in [0.2, 0.25) is 5.91 Å². The Kier molecular flexibility index (Phi) is 9.69. The summed E-state index contributed by atoms with van der Waals surface area (Å²) in [5, 5.41) is 22.8. The van der Waals surface area contributed by atoms with E-state index < -0.39 is 18.2 Å². The van der Waals surface area contributed by atoms with E-state index in [0.717, 1.165) is 18.8 Å². The van der Waals surface area contributed by atoms with Crippen molar-refractivity contribution in [2.45, 2.75) is 18.3 Å². The number of hydrogen-bond acceptors (Lipinski definition) is 6. The summed E-state index contributed by atoms with van der Waals surface area (Å²) in [6.07, 6.45) is -5.76. The van der Waals surface area contributed by atoms with Gasteiger partial charge in [-0.15, -0.1) is 0 Å². The molecule has 1 saturated heterocycles. The number of amides is 1. The van der Waals surface area contributed by atoms with Crippen molar-refractivity contribution in [3.05, 3.63) is 30.3 Å². The van der Waals surface area contributed by atoms with Crippen molar-refractivity contribution in [3.63, 3.8) is 0 Å². The molecular formula is C17H24F3N3O5. The molecule has 0 bridgehead atoms. The average Bonchev–Trinajstić information content (AvgIpc) is 2.67. The number of carbonyl (C=O) groups is 2. The number of ether oxygens (including phenoxy) is 1. The van der Waals surface area contributed by atoms with Crippen molar-refractivity contribution in [1.29, 1.82) is 0 Å². The minimum Gasteiger partial charge on any atom is -0.475 e. The molecule has 1 fully saturated rings. The maximum atomic E-state index is 12.3. The van der Waals surface area contributed by atoms with E-state index in [2.05, 4.69) is 15.5 Å². The first kappa shape index (κ1) is 23.7. The summed E-state index contributed by atoms with van der Waals surface area (Å²) in [6.45, 7) is 2.65. The zero-order chi connectivity index (χ0) is 21.2. The van der Waals surface area contributed by atoms with Gasteiger partial charge in [-0.3, -0.25) is 4.79 Å². The van der Waals surface area contributed by atoms with Crippen LogP contribution in [0.25, 0.3) is 0 Å². The molecular weight excluding hydrogens is 383 g/mol. The largest absolute Gasteiger partial charge is 0.490 e. The fourth-order valence-corrected chi connectivity index (χ4v) is 2.45. The lowest BCUT2D eigenvalue weighted by molar-refractivity contribution is -0.192. The number of piperazine rings is 1. The highest BCUT2D eigenvalue weighted by Crippen LogP contribution is 2.17. The third-order valence-electron chi connectivity index (χ3n) is 3.75. The summed E-state index contributed by atoms with van der Waals surface area (Å²) in [4.78, 5) is 23.3. The number of carboxylic acid groups (broad SMARTS) is 1. The number of benzene rings is 1. The molecule has 1 aliphatic heterocycles. The van der Waals surface area contributed by atoms with E-state index in [0.29, 0.717) is 6.54 Å². The van der Waals surface area contributed by atoms with Gasteiger partial charge in [-0.25, -0.2) is 4.79 Å². The molecule has 11 heteroatoms. The molecule has 4 N–H and O–H groups in total. The Morgan fingerprint density at radius 2 is 1.96 bits per heavy atom. The zero-order valence-corrected chi connectivity index (χ0v) is 15.3. The number of aliphatic carboxylic acids is 1. The van der Waals surface area contributed by atoms with Gasteiger partial charge in [0.1, 0.15) is 6.04 Å². The van der Waals surface area contributed by atoms with Gasteiger partial charge in [0.25, 0.3) is 0 Å². The first-order valence-corrected chi connectivity index (χ1v) is 8.44. The molecule has 158 valence electrons. The molecule has 2 unspecified atom stereocenters. The number of aliphatic hydroxyl groups is 1. The summed E-state index contributed by atoms with van der Waals surface area (Å²) in [6, 6.07) is 9.64. The second-order valence-electron chi connectivity index (χ2n) is 5.91. The third kappa shape index (κ3) is 8.11. The van der Waals surface area contributed by atoms with Gasteiger partial charge in [-0.1, -0.05) is 18.2 Å². The molecule has 0 aromatic heterocycles. The van der Waals surface area contributed by atoms with E-state index in [9.17, 15) is 23.1 Å². The van der Waals surface area contributed by atoms with Crippen LogP contribution in [0.4, 0.5) is 18.9 Å². The van der Waals surface area contributed by atoms with Gasteiger partial charge >= 0.3 is 12.1 Å². The molecule has 0 radical (unpaired) electrons. The molecule has 1 heterocycles. The fraction of sp³-hybridized carbons (Fsp3) is 0.529. The Morgan fingerprint density at radius 1 is 1.36 bits per heavy atom. The highest BCUT2D eigenvalue weighted by molar-refractivity contribution is 5.85. The molecule has 0 saturated carbocycles. The molecule has 2 atom stereocenters. The number of hydrogen-bond donors (Lipinski definition) is 4. The normalized spacial score (nSPS) is 17.9. The summed E-state index contributed by atoms with van der Waals surface area (Å²) in [5.74, 6) is -2.84. The van der Waals surface area contributed by atoms with Gasteiger partial charge in [0.15, 0.2) is 0 Å². The van der Waals surface area contributed by atoms with Crippen molar-refractivity contribution in [2.75, 3.05) is 44.8 Å². The van der Waals surface area contributed by atoms with Gasteiger partial charge in [-0.2, -0.15) is 13.2 Å². The lowest BCUT2D eigenvalue weighted by atomic mass is 10.1. The molecule has 0 aliphatic carbocycles. The number of nitrogens with zero attached hydrogens (tertiary/aromatic N) is 1. The predicted molar refractivity (Wildman–Crippen MR) is 95.0 cm³/mol. The Morgan fingerprint density at radius 3 is 2.50 bits per heavy atom. The van der Waals surface area contributed by atoms with Crippen LogP contribution in [0.2, 0.25) is 0 Å². The smallest absolute Gasteiger partial charge is 0.475 e. The lowest BCUT2D eigenvalue weighted by Gasteiger charge is -2.37. The maximum Gasteiger partial charge on any atom is 0.490 e. The zero-order valence-electron chi connectivity index (χ0n) is 15.3. The first-order valence-electron chi connectivity index (χ1n) is 8.44. The van der Waals surface area contributed by atoms with Crippen molar-refractivity contribution >= 4 is 17.6 Å². The number of halogens is 3. The van der Waals surface area contributed by atoms with Crippen molar-refractivity contribution < 1.29 is 37.7 Å². The summed E-state index contributed by atoms with van der Waals surface area (Å²) >= 11 is 0. The van der Waals surface area contributed by atoms with Crippen LogP contribution in [0.1, 0.15) is 0 Å². The standard InChI is InChI=1S/C15H23N3O3.C2HF3O2/c1-21-11-13(19)9-17-15(20)14-10-16-7-8-18(14)12-5-3-2-4-6-12;3-2(4,5)1(6)7/h2-6,13-14,16,19H,7-11H2,1H3,(H,17,20);(H,6,7). The van der Waals surface area contributed by atoms with Crippen LogP contribution < -0.4 is 15.5 Å². The van der Waals surface area contributed by atoms with Gasteiger partial charge < -0.3 is 30.5 Å². The molecule has 1 amide bonds. The SMILES string of the molecule is COCC(O)CNC(=O)C1CNCCN1c1ccccc1.O=C(O)C(F)(F)F. The molecule has 8 nitrogen and oxygen atoms in total. The quantitative estimate of drug-likeness (QED) is 0.534. The van der Waals surface area contributed by atoms with Crippen LogP contribution in [0.15, 0.2) is 30.3 Å². The van der Waals surface area contributed by atoms with Crippen molar-refractivity contribution in [1.82, 2.24) is 10.6 Å². The minimum absolute atomic E-state index is 0.0822. The predicted octanol–water partition coefficient (Wildman–Crippen LogP) is 0.222. The van der Waals surface area contributed by atoms with E-state index in [-0.39, 0.29) is 25.1 Å². The minimum atomic E-state index is -5.08. The van der Waals surface area contributed by atoms with Gasteiger partial charge in [-0.05, 0) is 12.1 Å². The molecule has 0 spiro atoms. The van der Waals surface area contributed by atoms with Crippen LogP contribution in [-0.2, 0) is 14.3 Å². The topological polar surface area (TPSA) is 111 Å². The van der Waals surface area contributed by atoms with Crippen LogP contribution in [-0.4, -0.2) is 80.3 Å². The van der Waals surface area contributed by atoms with Crippen LogP contribution >= 0.6 is 0 Å². The average molecular weight is 407 g/mol. The monoisotopic (exact) mass is 407 g/mol. The van der Waals surface area contributed by atoms with E-state index in [1.165, 1.54) is 7.11 Å². The van der Waals surface area contributed by atoms with E-state index in [1.807, 2.05) is 30.3 Å². The van der Waals surface area contributed by atoms with Crippen LogP contribution in [0.5, 0.6) is 0 Å². The number of para-hydroxylation sites is 1. The first-order chi connectivity index (χ1) is 13.2. The number of anilines is 1. The lowest BCUT2D eigenvalue weighted by Crippen LogP contribution is -2.58. The summed E-state index contributed by atoms with van der Waals surface area (Å²) in [7, 11) is 1.52. The second kappa shape index (κ2) is 11.5. The van der Waals surface area contributed by atoms with E-state index >= 15 is 0 Å². The number of nitrogens with one attached hydrogen (secondary N) is 2. The van der Waals surface area contributed by atoms with Gasteiger partial charge in [0.05, 0.1) is 12.7 Å². The highest BCUT2D eigenvalue weighted by atomic mass is 19.4. The third-order valence-corrected chi connectivity index (χ3v) is 3.75. The number of carboxylic acids is 1. The molecule has 1 aliphatic rings. The molecule has 1 aromatic rings. The van der Waals surface area contributed by atoms with E-state index in [4.69, 9.17) is 14.6 Å². The van der Waals surface area contributed by atoms with Crippen LogP contribution in [0, 0.1) is 0 Å². The van der Waals surface area contributed by atoms with E-state index in [1.54, 1.807) is 0 Å². The Hall–Kier alpha value is -2.37. The Bertz CT molecular complexity index is 616. The Labute approximate surface area is 160 Å². The molecule has 28 heavy (non-hydrogen) atoms. The summed E-state index contributed by atoms with van der Waals surface area (Å²) in [5.41, 5.74) is 1.04. The second-order valence-corrected chi connectivity index (χ2v) is 5.91. The number of rotatable bonds is 6. The number of alkyl halides is 3. The maximum absolute atomic E-state index is 12.3. The van der Waals surface area contributed by atoms with Gasteiger partial charge in [0, 0.05) is 39.0 Å². The Balaban J connectivity index is 0.000000480. The van der Waals surface area contributed by atoms with Crippen LogP contribution in [0.3, 0.4) is 0 Å². The number of methoxy groups -OCH3 is 1. The fourth-order valence-electron chi connectivity index (χ4n) is 2.45. The molecule has 2 rings (SSSR count). The van der Waals surface area contributed by atoms with Crippen molar-refractivity contribution in [2.24, 2.45) is 0 Å². The summed E-state index contributed by atoms with van der Waals surface area (Å²) < 4.78 is 36.6. The molecule has 1 aromatic carbocycles.